The van der Waals surface area contributed by atoms with Crippen molar-refractivity contribution < 1.29 is 58.2 Å². The van der Waals surface area contributed by atoms with E-state index in [1.165, 1.54) is 0 Å². The van der Waals surface area contributed by atoms with Crippen molar-refractivity contribution in [3.05, 3.63) is 0 Å². The number of carbonyl (C=O) groups excluding carboxylic acids is 8. The number of aliphatic carboxylic acids is 2. The smallest absolute Gasteiger partial charge is 0.326 e. The molecule has 0 aromatic rings. The molecular formula is C48H89N13O12S. The molecule has 0 aromatic heterocycles. The molecule has 0 rings (SSSR count). The number of unbranched alkanes of at least 4 members (excludes halogenated alkanes) is 1. The van der Waals surface area contributed by atoms with Crippen molar-refractivity contribution in [2.24, 2.45) is 57.5 Å². The summed E-state index contributed by atoms with van der Waals surface area (Å²) in [7, 11) is 0. The molecule has 18 N–H and O–H groups in total. The Hall–Kier alpha value is -5.76. The molecule has 9 atom stereocenters. The van der Waals surface area contributed by atoms with Crippen LogP contribution in [0.25, 0.3) is 0 Å². The minimum absolute atomic E-state index is 0.0457. The molecule has 424 valence electrons. The Kier molecular flexibility index (Phi) is 32.7. The van der Waals surface area contributed by atoms with E-state index in [2.05, 4.69) is 60.2 Å². The van der Waals surface area contributed by atoms with Crippen molar-refractivity contribution in [1.82, 2.24) is 42.5 Å². The van der Waals surface area contributed by atoms with Crippen LogP contribution in [0, 0.1) is 29.6 Å². The number of carboxylic acid groups (broad SMARTS) is 2. The predicted molar refractivity (Wildman–Crippen MR) is 283 cm³/mol. The molecule has 0 aromatic carbocycles. The summed E-state index contributed by atoms with van der Waals surface area (Å²) in [6.07, 6.45) is 0.755. The number of nitrogens with zero attached hydrogens (tertiary/aromatic N) is 1. The number of nitrogens with two attached hydrogens (primary N) is 4. The van der Waals surface area contributed by atoms with Crippen LogP contribution in [0.4, 0.5) is 0 Å². The number of amides is 8. The second kappa shape index (κ2) is 35.4. The molecule has 0 aliphatic heterocycles. The van der Waals surface area contributed by atoms with Gasteiger partial charge in [0.2, 0.25) is 47.3 Å². The number of thiol groups is 1. The average molecular weight is 1070 g/mol. The van der Waals surface area contributed by atoms with Crippen LogP contribution in [0.5, 0.6) is 0 Å². The third kappa shape index (κ3) is 28.1. The molecule has 74 heavy (non-hydrogen) atoms. The van der Waals surface area contributed by atoms with E-state index in [9.17, 15) is 53.1 Å². The molecule has 0 fully saturated rings. The van der Waals surface area contributed by atoms with Crippen LogP contribution in [0.2, 0.25) is 0 Å². The SMILES string of the molecule is CC(C)CC(NC(=O)C(CC(C)C)NC(=O)C(CS)NC(=O)C(CCCN=C(N)N)NC(=O)C(CCCCN)NC(=O)C(CC(C)C)NC(=O)C(NC(=O)C(CC(C)C)NC(=O)C(N)CC(=O)O)C(C)C)C(=O)O. The first-order chi connectivity index (χ1) is 34.4. The maximum absolute atomic E-state index is 14.3. The topological polar surface area (TPSA) is 424 Å². The zero-order valence-corrected chi connectivity index (χ0v) is 45.9. The highest BCUT2D eigenvalue weighted by atomic mass is 32.1. The Bertz CT molecular complexity index is 1880. The Morgan fingerprint density at radius 1 is 0.473 bits per heavy atom. The highest BCUT2D eigenvalue weighted by Crippen LogP contribution is 2.14. The van der Waals surface area contributed by atoms with Crippen LogP contribution in [-0.2, 0) is 47.9 Å². The summed E-state index contributed by atoms with van der Waals surface area (Å²) >= 11 is 4.28. The number of hydrogen-bond acceptors (Lipinski definition) is 14. The van der Waals surface area contributed by atoms with E-state index in [1.54, 1.807) is 55.4 Å². The minimum Gasteiger partial charge on any atom is -0.481 e. The Morgan fingerprint density at radius 2 is 0.824 bits per heavy atom. The van der Waals surface area contributed by atoms with Gasteiger partial charge >= 0.3 is 11.9 Å². The van der Waals surface area contributed by atoms with Crippen LogP contribution in [-0.4, -0.2) is 149 Å². The zero-order valence-electron chi connectivity index (χ0n) is 45.0. The van der Waals surface area contributed by atoms with E-state index in [4.69, 9.17) is 28.0 Å². The maximum Gasteiger partial charge on any atom is 0.326 e. The van der Waals surface area contributed by atoms with Crippen molar-refractivity contribution in [2.45, 2.75) is 188 Å². The lowest BCUT2D eigenvalue weighted by Gasteiger charge is -2.29. The van der Waals surface area contributed by atoms with E-state index >= 15 is 0 Å². The molecule has 0 bridgehead atoms. The van der Waals surface area contributed by atoms with Crippen LogP contribution in [0.3, 0.4) is 0 Å². The fraction of sp³-hybridized carbons (Fsp3) is 0.771. The average Bonchev–Trinajstić information content (AvgIpc) is 3.28. The Labute approximate surface area is 441 Å². The van der Waals surface area contributed by atoms with E-state index in [1.807, 2.05) is 13.8 Å². The molecule has 0 saturated heterocycles. The second-order valence-electron chi connectivity index (χ2n) is 20.6. The number of nitrogens with one attached hydrogen (secondary N) is 8. The highest BCUT2D eigenvalue weighted by Gasteiger charge is 2.36. The highest BCUT2D eigenvalue weighted by molar-refractivity contribution is 7.80. The fourth-order valence-corrected chi connectivity index (χ4v) is 7.76. The lowest BCUT2D eigenvalue weighted by atomic mass is 9.98. The van der Waals surface area contributed by atoms with Gasteiger partial charge in [0.15, 0.2) is 5.96 Å². The largest absolute Gasteiger partial charge is 0.481 e. The molecule has 0 aliphatic carbocycles. The summed E-state index contributed by atoms with van der Waals surface area (Å²) in [5.41, 5.74) is 22.5. The number of guanidine groups is 1. The Balaban J connectivity index is 6.73. The standard InChI is InChI=1S/C48H89N13O12S/c1-24(2)18-32(43(68)59-35(47(72)73)21-27(7)8)57-45(70)36(23-74)60-41(66)31(15-13-17-53-48(51)52)54-40(65)30(14-11-12-16-49)55-42(67)33(19-25(3)4)58-46(71)38(28(9)10)61-44(69)34(20-26(5)6)56-39(64)29(50)22-37(62)63/h24-36,38,74H,11-23,49-50H2,1-10H3,(H,54,65)(H,55,67)(H,56,64)(H,57,70)(H,58,71)(H,59,68)(H,60,66)(H,61,69)(H,62,63)(H,72,73)(H4,51,52,53). The molecule has 0 spiro atoms. The zero-order chi connectivity index (χ0) is 57.0. The van der Waals surface area contributed by atoms with Gasteiger partial charge in [-0.2, -0.15) is 12.6 Å². The van der Waals surface area contributed by atoms with Crippen molar-refractivity contribution in [3.63, 3.8) is 0 Å². The third-order valence-electron chi connectivity index (χ3n) is 11.3. The summed E-state index contributed by atoms with van der Waals surface area (Å²) in [4.78, 5) is 137. The Morgan fingerprint density at radius 3 is 1.22 bits per heavy atom. The molecule has 25 nitrogen and oxygen atoms in total. The summed E-state index contributed by atoms with van der Waals surface area (Å²) in [5.74, 6) is -10.3. The van der Waals surface area contributed by atoms with Crippen LogP contribution >= 0.6 is 12.6 Å². The normalized spacial score (nSPS) is 15.1. The number of carbonyl (C=O) groups is 10. The third-order valence-corrected chi connectivity index (χ3v) is 11.7. The van der Waals surface area contributed by atoms with Gasteiger partial charge in [-0.3, -0.25) is 48.1 Å². The van der Waals surface area contributed by atoms with Crippen molar-refractivity contribution in [1.29, 1.82) is 0 Å². The lowest BCUT2D eigenvalue weighted by Crippen LogP contribution is -2.61. The van der Waals surface area contributed by atoms with Crippen molar-refractivity contribution in [2.75, 3.05) is 18.8 Å². The fourth-order valence-electron chi connectivity index (χ4n) is 7.50. The van der Waals surface area contributed by atoms with Crippen molar-refractivity contribution >= 4 is 77.8 Å². The van der Waals surface area contributed by atoms with Gasteiger partial charge in [0, 0.05) is 12.3 Å². The summed E-state index contributed by atoms with van der Waals surface area (Å²) < 4.78 is 0. The molecule has 0 aliphatic rings. The number of carboxylic acids is 2. The van der Waals surface area contributed by atoms with Crippen molar-refractivity contribution in [3.8, 4) is 0 Å². The number of hydrogen-bond donors (Lipinski definition) is 15. The first kappa shape index (κ1) is 68.2. The monoisotopic (exact) mass is 1070 g/mol. The first-order valence-electron chi connectivity index (χ1n) is 25.4. The maximum atomic E-state index is 14.3. The molecule has 26 heteroatoms. The quantitative estimate of drug-likeness (QED) is 0.0149. The first-order valence-corrected chi connectivity index (χ1v) is 26.1. The number of aliphatic imine (C=N–C) groups is 1. The minimum atomic E-state index is -1.44. The molecule has 0 radical (unpaired) electrons. The van der Waals surface area contributed by atoms with E-state index in [0.29, 0.717) is 12.8 Å². The second-order valence-corrected chi connectivity index (χ2v) is 21.0. The van der Waals surface area contributed by atoms with Gasteiger partial charge < -0.3 is 75.7 Å². The predicted octanol–water partition coefficient (Wildman–Crippen LogP) is -1.30. The van der Waals surface area contributed by atoms with Gasteiger partial charge in [0.25, 0.3) is 0 Å². The van der Waals surface area contributed by atoms with Gasteiger partial charge in [-0.1, -0.05) is 69.2 Å². The molecule has 8 amide bonds. The van der Waals surface area contributed by atoms with Gasteiger partial charge in [-0.05, 0) is 93.9 Å². The van der Waals surface area contributed by atoms with Crippen LogP contribution in [0.1, 0.15) is 133 Å². The van der Waals surface area contributed by atoms with Gasteiger partial charge in [-0.15, -0.1) is 0 Å². The molecule has 9 unspecified atom stereocenters. The lowest BCUT2D eigenvalue weighted by molar-refractivity contribution is -0.143. The summed E-state index contributed by atoms with van der Waals surface area (Å²) in [6, 6.07) is -11.5. The number of rotatable bonds is 37. The van der Waals surface area contributed by atoms with Gasteiger partial charge in [0.1, 0.15) is 48.3 Å². The van der Waals surface area contributed by atoms with E-state index in [0.717, 1.165) is 0 Å². The molecule has 0 heterocycles. The molecular weight excluding hydrogens is 983 g/mol. The van der Waals surface area contributed by atoms with E-state index in [-0.39, 0.29) is 93.4 Å². The van der Waals surface area contributed by atoms with Crippen LogP contribution in [0.15, 0.2) is 4.99 Å². The van der Waals surface area contributed by atoms with E-state index < -0.39 is 126 Å². The van der Waals surface area contributed by atoms with Gasteiger partial charge in [0.05, 0.1) is 12.5 Å². The molecule has 0 saturated carbocycles. The summed E-state index contributed by atoms with van der Waals surface area (Å²) in [6.45, 7) is 18.0. The van der Waals surface area contributed by atoms with Crippen LogP contribution < -0.4 is 65.5 Å². The van der Waals surface area contributed by atoms with Gasteiger partial charge in [-0.25, -0.2) is 4.79 Å². The summed E-state index contributed by atoms with van der Waals surface area (Å²) in [5, 5.41) is 39.8.